The third-order valence-electron chi connectivity index (χ3n) is 2.80. The average molecular weight is 265 g/mol. The van der Waals surface area contributed by atoms with Gasteiger partial charge in [-0.3, -0.25) is 0 Å². The number of benzene rings is 2. The maximum atomic E-state index is 11.2. The van der Waals surface area contributed by atoms with Crippen molar-refractivity contribution in [3.8, 4) is 17.2 Å². The van der Waals surface area contributed by atoms with Crippen molar-refractivity contribution < 1.29 is 14.3 Å². The van der Waals surface area contributed by atoms with Crippen LogP contribution in [0.5, 0.6) is 17.2 Å². The fraction of sp³-hybridized carbons (Fsp3) is 0. The average Bonchev–Trinajstić information content (AvgIpc) is 2.45. The van der Waals surface area contributed by atoms with Gasteiger partial charge in [0.05, 0.1) is 0 Å². The van der Waals surface area contributed by atoms with Gasteiger partial charge in [-0.1, -0.05) is 19.2 Å². The van der Waals surface area contributed by atoms with Crippen molar-refractivity contribution in [1.29, 1.82) is 0 Å². The quantitative estimate of drug-likeness (QED) is 0.405. The summed E-state index contributed by atoms with van der Waals surface area (Å²) in [4.78, 5) is 15.7. The molecule has 0 saturated heterocycles. The normalized spacial score (nSPS) is 11.4. The molecule has 3 rings (SSSR count). The number of rotatable bonds is 2. The van der Waals surface area contributed by atoms with Gasteiger partial charge in [0.1, 0.15) is 16.8 Å². The Morgan fingerprint density at radius 1 is 1.20 bits per heavy atom. The van der Waals surface area contributed by atoms with Gasteiger partial charge in [0.15, 0.2) is 11.5 Å². The van der Waals surface area contributed by atoms with Crippen LogP contribution in [0.3, 0.4) is 0 Å². The lowest BCUT2D eigenvalue weighted by Gasteiger charge is -2.14. The number of fused-ring (bicyclic) bond motifs is 2. The monoisotopic (exact) mass is 265 g/mol. The third-order valence-corrected chi connectivity index (χ3v) is 2.80. The van der Waals surface area contributed by atoms with Crippen LogP contribution in [0.4, 0.5) is 5.69 Å². The number of nitrogens with zero attached hydrogens (tertiary/aromatic N) is 1. The molecule has 0 spiro atoms. The molecule has 2 aromatic rings. The highest BCUT2D eigenvalue weighted by Gasteiger charge is 2.13. The Morgan fingerprint density at radius 3 is 2.85 bits per heavy atom. The minimum absolute atomic E-state index is 0.387. The van der Waals surface area contributed by atoms with E-state index in [-0.39, 0.29) is 0 Å². The molecule has 1 heterocycles. The van der Waals surface area contributed by atoms with Crippen molar-refractivity contribution in [2.24, 2.45) is 4.99 Å². The Hall–Kier alpha value is -2.88. The van der Waals surface area contributed by atoms with E-state index < -0.39 is 5.97 Å². The highest BCUT2D eigenvalue weighted by Crippen LogP contribution is 2.36. The van der Waals surface area contributed by atoms with Crippen molar-refractivity contribution >= 4 is 18.2 Å². The summed E-state index contributed by atoms with van der Waals surface area (Å²) in [5.41, 5.74) is 0.688. The Kier molecular flexibility index (Phi) is 2.84. The van der Waals surface area contributed by atoms with E-state index in [9.17, 15) is 4.79 Å². The van der Waals surface area contributed by atoms with E-state index in [1.807, 2.05) is 18.2 Å². The molecular weight excluding hydrogens is 254 g/mol. The zero-order valence-electron chi connectivity index (χ0n) is 10.6. The van der Waals surface area contributed by atoms with Crippen LogP contribution in [-0.2, 0) is 4.79 Å². The van der Waals surface area contributed by atoms with Gasteiger partial charge in [0.2, 0.25) is 0 Å². The second-order valence-corrected chi connectivity index (χ2v) is 4.27. The lowest BCUT2D eigenvalue weighted by molar-refractivity contribution is -0.128. The highest BCUT2D eigenvalue weighted by molar-refractivity contribution is 5.83. The van der Waals surface area contributed by atoms with Gasteiger partial charge in [0.25, 0.3) is 0 Å². The van der Waals surface area contributed by atoms with E-state index in [1.54, 1.807) is 18.2 Å². The number of carbonyl (C=O) groups is 1. The minimum atomic E-state index is -0.516. The first-order valence-corrected chi connectivity index (χ1v) is 5.99. The van der Waals surface area contributed by atoms with E-state index in [4.69, 9.17) is 9.47 Å². The number of esters is 1. The van der Waals surface area contributed by atoms with Crippen LogP contribution in [0.15, 0.2) is 54.0 Å². The summed E-state index contributed by atoms with van der Waals surface area (Å²) in [5.74, 6) is 1.05. The first-order valence-electron chi connectivity index (χ1n) is 5.99. The zero-order valence-corrected chi connectivity index (χ0v) is 10.6. The van der Waals surface area contributed by atoms with Crippen LogP contribution in [0.25, 0.3) is 6.58 Å². The fourth-order valence-electron chi connectivity index (χ4n) is 1.87. The van der Waals surface area contributed by atoms with E-state index in [1.165, 1.54) is 0 Å². The molecule has 1 aliphatic heterocycles. The Labute approximate surface area is 115 Å². The molecule has 0 unspecified atom stereocenters. The predicted octanol–water partition coefficient (Wildman–Crippen LogP) is 2.25. The molecule has 0 bridgehead atoms. The second kappa shape index (κ2) is 4.66. The van der Waals surface area contributed by atoms with Crippen molar-refractivity contribution in [3.63, 3.8) is 0 Å². The van der Waals surface area contributed by atoms with Crippen LogP contribution in [-0.4, -0.2) is 5.97 Å². The van der Waals surface area contributed by atoms with E-state index in [2.05, 4.69) is 18.2 Å². The lowest BCUT2D eigenvalue weighted by Crippen LogP contribution is -2.13. The molecular formula is C16H11NO3. The molecule has 0 aromatic heterocycles. The van der Waals surface area contributed by atoms with Crippen molar-refractivity contribution in [2.75, 3.05) is 0 Å². The SMILES string of the molecule is C=CC(=O)Oc1ccc2c(c1)Oc1cc(=C)ccc1=N2. The fourth-order valence-corrected chi connectivity index (χ4v) is 1.87. The van der Waals surface area contributed by atoms with Gasteiger partial charge in [0, 0.05) is 12.1 Å². The molecule has 2 aromatic carbocycles. The van der Waals surface area contributed by atoms with Gasteiger partial charge < -0.3 is 9.47 Å². The molecule has 0 amide bonds. The first-order chi connectivity index (χ1) is 9.65. The molecule has 0 N–H and O–H groups in total. The topological polar surface area (TPSA) is 47.9 Å². The lowest BCUT2D eigenvalue weighted by atomic mass is 10.2. The molecule has 0 saturated carbocycles. The van der Waals surface area contributed by atoms with Crippen LogP contribution in [0, 0.1) is 0 Å². The molecule has 0 aliphatic carbocycles. The van der Waals surface area contributed by atoms with Crippen LogP contribution in [0.1, 0.15) is 0 Å². The summed E-state index contributed by atoms with van der Waals surface area (Å²) in [6.45, 7) is 7.20. The number of hydrogen-bond acceptors (Lipinski definition) is 4. The van der Waals surface area contributed by atoms with Crippen LogP contribution in [0.2, 0.25) is 0 Å². The van der Waals surface area contributed by atoms with E-state index in [0.717, 1.165) is 16.7 Å². The standard InChI is InChI=1S/C16H11NO3/c1-3-16(18)19-11-5-7-13-15(9-11)20-14-8-10(2)4-6-12(14)17-13/h3-9H,1-2H2. The molecule has 98 valence electrons. The maximum absolute atomic E-state index is 11.2. The molecule has 4 nitrogen and oxygen atoms in total. The number of ether oxygens (including phenoxy) is 2. The zero-order chi connectivity index (χ0) is 14.1. The summed E-state index contributed by atoms with van der Waals surface area (Å²) in [5, 5.41) is 1.59. The number of hydrogen-bond donors (Lipinski definition) is 0. The Balaban J connectivity index is 2.03. The third kappa shape index (κ3) is 2.19. The molecule has 20 heavy (non-hydrogen) atoms. The second-order valence-electron chi connectivity index (χ2n) is 4.27. The van der Waals surface area contributed by atoms with Crippen molar-refractivity contribution in [1.82, 2.24) is 0 Å². The maximum Gasteiger partial charge on any atom is 0.335 e. The minimum Gasteiger partial charge on any atom is -0.453 e. The van der Waals surface area contributed by atoms with Crippen LogP contribution < -0.4 is 20.0 Å². The Bertz CT molecular complexity index is 824. The largest absolute Gasteiger partial charge is 0.453 e. The van der Waals surface area contributed by atoms with Gasteiger partial charge in [-0.15, -0.1) is 0 Å². The predicted molar refractivity (Wildman–Crippen MR) is 74.8 cm³/mol. The molecule has 4 heteroatoms. The first kappa shape index (κ1) is 12.2. The summed E-state index contributed by atoms with van der Waals surface area (Å²) in [6.07, 6.45) is 1.11. The van der Waals surface area contributed by atoms with Crippen molar-refractivity contribution in [2.45, 2.75) is 0 Å². The van der Waals surface area contributed by atoms with Crippen molar-refractivity contribution in [3.05, 3.63) is 59.6 Å². The molecule has 1 aliphatic rings. The highest BCUT2D eigenvalue weighted by atomic mass is 16.5. The molecule has 0 atom stereocenters. The Morgan fingerprint density at radius 2 is 2.05 bits per heavy atom. The van der Waals surface area contributed by atoms with Crippen LogP contribution >= 0.6 is 0 Å². The molecule has 0 radical (unpaired) electrons. The van der Waals surface area contributed by atoms with E-state index in [0.29, 0.717) is 22.9 Å². The van der Waals surface area contributed by atoms with Gasteiger partial charge in [-0.25, -0.2) is 9.79 Å². The summed E-state index contributed by atoms with van der Waals surface area (Å²) in [6, 6.07) is 10.6. The van der Waals surface area contributed by atoms with Gasteiger partial charge in [-0.2, -0.15) is 0 Å². The van der Waals surface area contributed by atoms with Gasteiger partial charge in [-0.05, 0) is 29.5 Å². The molecule has 0 fully saturated rings. The van der Waals surface area contributed by atoms with E-state index >= 15 is 0 Å². The summed E-state index contributed by atoms with van der Waals surface area (Å²) >= 11 is 0. The summed E-state index contributed by atoms with van der Waals surface area (Å²) in [7, 11) is 0. The number of carbonyl (C=O) groups excluding carboxylic acids is 1. The smallest absolute Gasteiger partial charge is 0.335 e. The van der Waals surface area contributed by atoms with Gasteiger partial charge >= 0.3 is 5.97 Å². The summed E-state index contributed by atoms with van der Waals surface area (Å²) < 4.78 is 10.8.